The Morgan fingerprint density at radius 3 is 2.82 bits per heavy atom. The minimum atomic E-state index is -0.729. The Morgan fingerprint density at radius 1 is 1.21 bits per heavy atom. The predicted octanol–water partition coefficient (Wildman–Crippen LogP) is 3.62. The van der Waals surface area contributed by atoms with Crippen molar-refractivity contribution in [2.45, 2.75) is 44.4 Å². The van der Waals surface area contributed by atoms with Gasteiger partial charge >= 0.3 is 0 Å². The molecule has 5 rings (SSSR count). The highest BCUT2D eigenvalue weighted by Gasteiger charge is 2.47. The standard InChI is InChI=1S/C26H27NO6/c1-15-11-18-12-17(8-9-21(18)33-15)24(28)22-23(16-5-3-6-19(13-16)31-2)27(26(30)25(22)29)14-20-7-4-10-32-20/h3,5-6,8-9,12-13,15,20,23,28H,4,7,10-11,14H2,1-2H3/t15-,20-,23-/m1/s1. The number of aliphatic hydroxyl groups excluding tert-OH is 1. The second-order valence-corrected chi connectivity index (χ2v) is 8.82. The summed E-state index contributed by atoms with van der Waals surface area (Å²) in [4.78, 5) is 27.9. The van der Waals surface area contributed by atoms with Gasteiger partial charge in [-0.25, -0.2) is 0 Å². The lowest BCUT2D eigenvalue weighted by atomic mass is 9.94. The molecule has 2 aromatic rings. The fourth-order valence-electron chi connectivity index (χ4n) is 4.96. The van der Waals surface area contributed by atoms with Gasteiger partial charge in [-0.05, 0) is 61.2 Å². The van der Waals surface area contributed by atoms with Crippen molar-refractivity contribution in [1.82, 2.24) is 4.90 Å². The summed E-state index contributed by atoms with van der Waals surface area (Å²) in [5.74, 6) is -0.110. The van der Waals surface area contributed by atoms with Crippen LogP contribution in [0.2, 0.25) is 0 Å². The Balaban J connectivity index is 1.61. The van der Waals surface area contributed by atoms with Crippen molar-refractivity contribution in [3.63, 3.8) is 0 Å². The zero-order valence-electron chi connectivity index (χ0n) is 18.7. The van der Waals surface area contributed by atoms with Crippen LogP contribution in [0.4, 0.5) is 0 Å². The van der Waals surface area contributed by atoms with Crippen molar-refractivity contribution in [3.8, 4) is 11.5 Å². The van der Waals surface area contributed by atoms with E-state index >= 15 is 0 Å². The van der Waals surface area contributed by atoms with Crippen LogP contribution in [0.25, 0.3) is 5.76 Å². The summed E-state index contributed by atoms with van der Waals surface area (Å²) in [7, 11) is 1.57. The summed E-state index contributed by atoms with van der Waals surface area (Å²) in [6.45, 7) is 2.92. The van der Waals surface area contributed by atoms with E-state index in [9.17, 15) is 14.7 Å². The van der Waals surface area contributed by atoms with Gasteiger partial charge in [0, 0.05) is 25.1 Å². The van der Waals surface area contributed by atoms with Crippen LogP contribution in [-0.4, -0.2) is 54.2 Å². The van der Waals surface area contributed by atoms with Crippen LogP contribution in [0.15, 0.2) is 48.0 Å². The molecule has 0 spiro atoms. The number of ketones is 1. The molecule has 0 saturated carbocycles. The minimum Gasteiger partial charge on any atom is -0.507 e. The molecular formula is C26H27NO6. The lowest BCUT2D eigenvalue weighted by Crippen LogP contribution is -2.36. The van der Waals surface area contributed by atoms with Gasteiger partial charge in [0.05, 0.1) is 24.8 Å². The summed E-state index contributed by atoms with van der Waals surface area (Å²) in [5, 5.41) is 11.3. The third kappa shape index (κ3) is 3.86. The summed E-state index contributed by atoms with van der Waals surface area (Å²) in [5.41, 5.74) is 2.25. The molecule has 2 aromatic carbocycles. The van der Waals surface area contributed by atoms with E-state index in [1.807, 2.05) is 25.1 Å². The Morgan fingerprint density at radius 2 is 2.06 bits per heavy atom. The van der Waals surface area contributed by atoms with Gasteiger partial charge in [-0.15, -0.1) is 0 Å². The van der Waals surface area contributed by atoms with Crippen molar-refractivity contribution < 1.29 is 28.9 Å². The van der Waals surface area contributed by atoms with Crippen LogP contribution >= 0.6 is 0 Å². The molecule has 172 valence electrons. The number of fused-ring (bicyclic) bond motifs is 1. The second kappa shape index (κ2) is 8.56. The van der Waals surface area contributed by atoms with E-state index in [4.69, 9.17) is 14.2 Å². The number of Topliss-reactive ketones (excluding diaryl/α,β-unsaturated/α-hetero) is 1. The topological polar surface area (TPSA) is 85.3 Å². The fraction of sp³-hybridized carbons (Fsp3) is 0.385. The van der Waals surface area contributed by atoms with E-state index in [2.05, 4.69) is 0 Å². The molecule has 2 saturated heterocycles. The molecule has 0 radical (unpaired) electrons. The monoisotopic (exact) mass is 449 g/mol. The predicted molar refractivity (Wildman–Crippen MR) is 121 cm³/mol. The van der Waals surface area contributed by atoms with Crippen molar-refractivity contribution in [2.75, 3.05) is 20.3 Å². The molecule has 3 aliphatic heterocycles. The largest absolute Gasteiger partial charge is 0.507 e. The van der Waals surface area contributed by atoms with E-state index in [1.165, 1.54) is 4.90 Å². The quantitative estimate of drug-likeness (QED) is 0.426. The first-order valence-corrected chi connectivity index (χ1v) is 11.3. The van der Waals surface area contributed by atoms with Crippen LogP contribution in [0.5, 0.6) is 11.5 Å². The maximum absolute atomic E-state index is 13.2. The van der Waals surface area contributed by atoms with Gasteiger partial charge in [-0.2, -0.15) is 0 Å². The molecule has 3 aliphatic rings. The summed E-state index contributed by atoms with van der Waals surface area (Å²) in [6.07, 6.45) is 2.41. The number of hydrogen-bond acceptors (Lipinski definition) is 6. The van der Waals surface area contributed by atoms with Crippen molar-refractivity contribution in [1.29, 1.82) is 0 Å². The Labute approximate surface area is 192 Å². The average Bonchev–Trinajstić information content (AvgIpc) is 3.52. The van der Waals surface area contributed by atoms with Crippen LogP contribution in [-0.2, 0) is 20.7 Å². The maximum Gasteiger partial charge on any atom is 0.295 e. The molecule has 0 aromatic heterocycles. The second-order valence-electron chi connectivity index (χ2n) is 8.82. The lowest BCUT2D eigenvalue weighted by molar-refractivity contribution is -0.140. The summed E-state index contributed by atoms with van der Waals surface area (Å²) in [6, 6.07) is 11.9. The Hall–Kier alpha value is -3.32. The highest BCUT2D eigenvalue weighted by atomic mass is 16.5. The van der Waals surface area contributed by atoms with Gasteiger partial charge in [0.2, 0.25) is 0 Å². The minimum absolute atomic E-state index is 0.0613. The molecule has 3 heterocycles. The first-order valence-electron chi connectivity index (χ1n) is 11.3. The molecule has 0 bridgehead atoms. The van der Waals surface area contributed by atoms with E-state index in [-0.39, 0.29) is 23.5 Å². The highest BCUT2D eigenvalue weighted by molar-refractivity contribution is 6.46. The summed E-state index contributed by atoms with van der Waals surface area (Å²) < 4.78 is 16.9. The number of carbonyl (C=O) groups is 2. The smallest absolute Gasteiger partial charge is 0.295 e. The third-order valence-electron chi connectivity index (χ3n) is 6.54. The number of likely N-dealkylation sites (tertiary alicyclic amines) is 1. The van der Waals surface area contributed by atoms with E-state index in [0.717, 1.165) is 30.6 Å². The van der Waals surface area contributed by atoms with Gasteiger partial charge in [0.1, 0.15) is 23.4 Å². The number of rotatable bonds is 5. The molecule has 1 N–H and O–H groups in total. The molecule has 33 heavy (non-hydrogen) atoms. The van der Waals surface area contributed by atoms with Gasteiger partial charge < -0.3 is 24.2 Å². The normalized spacial score (nSPS) is 25.9. The number of aliphatic hydroxyl groups is 1. The highest BCUT2D eigenvalue weighted by Crippen LogP contribution is 2.41. The van der Waals surface area contributed by atoms with Crippen molar-refractivity contribution >= 4 is 17.4 Å². The van der Waals surface area contributed by atoms with Crippen LogP contribution in [0, 0.1) is 0 Å². The van der Waals surface area contributed by atoms with E-state index < -0.39 is 17.7 Å². The zero-order valence-corrected chi connectivity index (χ0v) is 18.7. The molecule has 7 nitrogen and oxygen atoms in total. The molecule has 0 aliphatic carbocycles. The number of hydrogen-bond donors (Lipinski definition) is 1. The van der Waals surface area contributed by atoms with Gasteiger partial charge in [0.15, 0.2) is 0 Å². The zero-order chi connectivity index (χ0) is 23.1. The van der Waals surface area contributed by atoms with Gasteiger partial charge in [-0.3, -0.25) is 9.59 Å². The third-order valence-corrected chi connectivity index (χ3v) is 6.54. The number of benzene rings is 2. The van der Waals surface area contributed by atoms with Gasteiger partial charge in [0.25, 0.3) is 11.7 Å². The molecule has 3 atom stereocenters. The lowest BCUT2D eigenvalue weighted by Gasteiger charge is -2.27. The van der Waals surface area contributed by atoms with Gasteiger partial charge in [-0.1, -0.05) is 12.1 Å². The first-order chi connectivity index (χ1) is 16.0. The van der Waals surface area contributed by atoms with Crippen molar-refractivity contribution in [3.05, 3.63) is 64.7 Å². The molecule has 7 heteroatoms. The molecular weight excluding hydrogens is 422 g/mol. The van der Waals surface area contributed by atoms with Crippen LogP contribution in [0.3, 0.4) is 0 Å². The fourth-order valence-corrected chi connectivity index (χ4v) is 4.96. The maximum atomic E-state index is 13.2. The first kappa shape index (κ1) is 21.5. The Kier molecular flexibility index (Phi) is 5.58. The summed E-state index contributed by atoms with van der Waals surface area (Å²) >= 11 is 0. The molecule has 1 amide bonds. The average molecular weight is 450 g/mol. The number of nitrogens with zero attached hydrogens (tertiary/aromatic N) is 1. The molecule has 0 unspecified atom stereocenters. The van der Waals surface area contributed by atoms with Crippen LogP contribution < -0.4 is 9.47 Å². The SMILES string of the molecule is COc1cccc([C@@H]2C(=C(O)c3ccc4c(c3)C[C@@H](C)O4)C(=O)C(=O)N2C[C@H]2CCCO2)c1. The number of carbonyl (C=O) groups excluding carboxylic acids is 2. The number of amides is 1. The van der Waals surface area contributed by atoms with Crippen LogP contribution in [0.1, 0.15) is 42.5 Å². The van der Waals surface area contributed by atoms with E-state index in [0.29, 0.717) is 30.0 Å². The number of ether oxygens (including phenoxy) is 3. The molecule has 2 fully saturated rings. The van der Waals surface area contributed by atoms with Crippen molar-refractivity contribution in [2.24, 2.45) is 0 Å². The number of methoxy groups -OCH3 is 1. The van der Waals surface area contributed by atoms with E-state index in [1.54, 1.807) is 31.4 Å². The Bertz CT molecular complexity index is 1130.